The minimum absolute atomic E-state index is 0.0501. The Labute approximate surface area is 115 Å². The van der Waals surface area contributed by atoms with Crippen LogP contribution >= 0.6 is 22.0 Å². The number of hydrogen-bond donors (Lipinski definition) is 1. The fourth-order valence-corrected chi connectivity index (χ4v) is 4.42. The molecule has 4 nitrogen and oxygen atoms in total. The normalized spacial score (nSPS) is 22.8. The molecule has 0 aliphatic heterocycles. The molecule has 1 fully saturated rings. The molecule has 1 aromatic heterocycles. The molecule has 1 heterocycles. The number of carbonyl (C=O) groups excluding carboxylic acids is 1. The van der Waals surface area contributed by atoms with E-state index in [0.717, 1.165) is 17.8 Å². The summed E-state index contributed by atoms with van der Waals surface area (Å²) in [4.78, 5) is 11.9. The van der Waals surface area contributed by atoms with E-state index in [-0.39, 0.29) is 10.1 Å². The van der Waals surface area contributed by atoms with Crippen molar-refractivity contribution in [1.29, 1.82) is 0 Å². The van der Waals surface area contributed by atoms with Crippen molar-refractivity contribution < 1.29 is 13.2 Å². The van der Waals surface area contributed by atoms with Crippen LogP contribution in [0.25, 0.3) is 0 Å². The van der Waals surface area contributed by atoms with E-state index >= 15 is 0 Å². The van der Waals surface area contributed by atoms with Crippen LogP contribution in [0.1, 0.15) is 29.3 Å². The average Bonchev–Trinajstić information content (AvgIpc) is 2.79. The second kappa shape index (κ2) is 4.83. The number of thiophene rings is 1. The van der Waals surface area contributed by atoms with Crippen molar-refractivity contribution in [3.8, 4) is 0 Å². The molecule has 0 spiro atoms. The minimum atomic E-state index is -3.76. The van der Waals surface area contributed by atoms with Gasteiger partial charge in [0.25, 0.3) is 15.0 Å². The van der Waals surface area contributed by atoms with Crippen molar-refractivity contribution in [1.82, 2.24) is 5.32 Å². The molecule has 1 aliphatic rings. The molecule has 7 heteroatoms. The van der Waals surface area contributed by atoms with Gasteiger partial charge in [0.05, 0.1) is 5.56 Å². The Bertz CT molecular complexity index is 579. The molecule has 100 valence electrons. The maximum absolute atomic E-state index is 11.9. The number of amides is 1. The lowest BCUT2D eigenvalue weighted by atomic mass is 10.2. The van der Waals surface area contributed by atoms with Gasteiger partial charge in [0.2, 0.25) is 0 Å². The predicted octanol–water partition coefficient (Wildman–Crippen LogP) is 2.37. The first-order valence-corrected chi connectivity index (χ1v) is 8.80. The third-order valence-corrected chi connectivity index (χ3v) is 6.57. The highest BCUT2D eigenvalue weighted by molar-refractivity contribution is 8.15. The van der Waals surface area contributed by atoms with E-state index in [1.807, 2.05) is 0 Å². The Hall–Kier alpha value is -0.590. The summed E-state index contributed by atoms with van der Waals surface area (Å²) >= 11 is 0.981. The van der Waals surface area contributed by atoms with Crippen LogP contribution in [0.3, 0.4) is 0 Å². The molecule has 1 aromatic rings. The third-order valence-electron chi connectivity index (χ3n) is 3.26. The van der Waals surface area contributed by atoms with Crippen LogP contribution in [0.5, 0.6) is 0 Å². The van der Waals surface area contributed by atoms with E-state index in [9.17, 15) is 13.2 Å². The highest BCUT2D eigenvalue weighted by atomic mass is 35.7. The van der Waals surface area contributed by atoms with Gasteiger partial charge in [-0.3, -0.25) is 4.79 Å². The Morgan fingerprint density at radius 2 is 2.22 bits per heavy atom. The summed E-state index contributed by atoms with van der Waals surface area (Å²) < 4.78 is 22.6. The van der Waals surface area contributed by atoms with Gasteiger partial charge in [0.15, 0.2) is 0 Å². The van der Waals surface area contributed by atoms with Crippen LogP contribution in [0.15, 0.2) is 9.59 Å². The van der Waals surface area contributed by atoms with E-state index in [0.29, 0.717) is 29.5 Å². The number of nitrogens with one attached hydrogen (secondary N) is 1. The standard InChI is InChI=1S/C11H14ClNO3S2/c1-6-3-8(6)4-13-10(14)9-5-17-11(7(9)2)18(12,15)16/h5-6,8H,3-4H2,1-2H3,(H,13,14). The summed E-state index contributed by atoms with van der Waals surface area (Å²) in [6.07, 6.45) is 1.14. The lowest BCUT2D eigenvalue weighted by molar-refractivity contribution is 0.0951. The van der Waals surface area contributed by atoms with Crippen molar-refractivity contribution in [3.05, 3.63) is 16.5 Å². The summed E-state index contributed by atoms with van der Waals surface area (Å²) in [6.45, 7) is 4.39. The first-order chi connectivity index (χ1) is 8.30. The van der Waals surface area contributed by atoms with Gasteiger partial charge in [0.1, 0.15) is 4.21 Å². The van der Waals surface area contributed by atoms with Gasteiger partial charge < -0.3 is 5.32 Å². The van der Waals surface area contributed by atoms with Crippen LogP contribution in [0, 0.1) is 18.8 Å². The van der Waals surface area contributed by atoms with Gasteiger partial charge in [-0.1, -0.05) is 6.92 Å². The Morgan fingerprint density at radius 3 is 2.67 bits per heavy atom. The molecule has 2 rings (SSSR count). The summed E-state index contributed by atoms with van der Waals surface area (Å²) in [6, 6.07) is 0. The molecule has 0 bridgehead atoms. The highest BCUT2D eigenvalue weighted by Crippen LogP contribution is 2.37. The second-order valence-corrected chi connectivity index (χ2v) is 8.32. The molecule has 0 aromatic carbocycles. The second-order valence-electron chi connectivity index (χ2n) is 4.68. The van der Waals surface area contributed by atoms with E-state index in [4.69, 9.17) is 10.7 Å². The molecular formula is C11H14ClNO3S2. The van der Waals surface area contributed by atoms with Crippen molar-refractivity contribution in [2.45, 2.75) is 24.5 Å². The summed E-state index contributed by atoms with van der Waals surface area (Å²) in [5.74, 6) is 1.01. The summed E-state index contributed by atoms with van der Waals surface area (Å²) in [5, 5.41) is 4.36. The maximum atomic E-state index is 11.9. The first kappa shape index (κ1) is 13.8. The van der Waals surface area contributed by atoms with Crippen molar-refractivity contribution in [3.63, 3.8) is 0 Å². The minimum Gasteiger partial charge on any atom is -0.352 e. The Kier molecular flexibility index (Phi) is 3.71. The van der Waals surface area contributed by atoms with E-state index in [1.165, 1.54) is 5.38 Å². The molecule has 18 heavy (non-hydrogen) atoms. The molecule has 1 aliphatic carbocycles. The number of carbonyl (C=O) groups is 1. The van der Waals surface area contributed by atoms with Gasteiger partial charge in [-0.2, -0.15) is 0 Å². The average molecular weight is 308 g/mol. The molecule has 0 saturated heterocycles. The van der Waals surface area contributed by atoms with Gasteiger partial charge in [-0.05, 0) is 30.7 Å². The first-order valence-electron chi connectivity index (χ1n) is 5.61. The maximum Gasteiger partial charge on any atom is 0.271 e. The van der Waals surface area contributed by atoms with Crippen molar-refractivity contribution in [2.75, 3.05) is 6.54 Å². The molecule has 1 amide bonds. The molecule has 1 N–H and O–H groups in total. The molecule has 1 saturated carbocycles. The Morgan fingerprint density at radius 1 is 1.61 bits per heavy atom. The topological polar surface area (TPSA) is 63.2 Å². The van der Waals surface area contributed by atoms with Gasteiger partial charge in [-0.15, -0.1) is 11.3 Å². The van der Waals surface area contributed by atoms with Gasteiger partial charge >= 0.3 is 0 Å². The van der Waals surface area contributed by atoms with Gasteiger partial charge in [0, 0.05) is 22.6 Å². The zero-order chi connectivity index (χ0) is 13.5. The van der Waals surface area contributed by atoms with Crippen molar-refractivity contribution in [2.24, 2.45) is 11.8 Å². The van der Waals surface area contributed by atoms with Crippen LogP contribution in [0.2, 0.25) is 0 Å². The molecule has 2 atom stereocenters. The fraction of sp³-hybridized carbons (Fsp3) is 0.545. The number of hydrogen-bond acceptors (Lipinski definition) is 4. The molecule has 2 unspecified atom stereocenters. The molecule has 0 radical (unpaired) electrons. The van der Waals surface area contributed by atoms with Crippen LogP contribution in [0.4, 0.5) is 0 Å². The number of rotatable bonds is 4. The fourth-order valence-electron chi connectivity index (χ4n) is 1.87. The Balaban J connectivity index is 2.09. The zero-order valence-electron chi connectivity index (χ0n) is 10.1. The SMILES string of the molecule is Cc1c(C(=O)NCC2CC2C)csc1S(=O)(=O)Cl. The quantitative estimate of drug-likeness (QED) is 0.869. The van der Waals surface area contributed by atoms with E-state index < -0.39 is 9.05 Å². The van der Waals surface area contributed by atoms with E-state index in [2.05, 4.69) is 12.2 Å². The summed E-state index contributed by atoms with van der Waals surface area (Å²) in [5.41, 5.74) is 0.823. The molecular weight excluding hydrogens is 294 g/mol. The summed E-state index contributed by atoms with van der Waals surface area (Å²) in [7, 11) is 1.53. The van der Waals surface area contributed by atoms with Crippen LogP contribution in [-0.2, 0) is 9.05 Å². The highest BCUT2D eigenvalue weighted by Gasteiger charge is 2.32. The predicted molar refractivity (Wildman–Crippen MR) is 71.7 cm³/mol. The number of halogens is 1. The van der Waals surface area contributed by atoms with Gasteiger partial charge in [-0.25, -0.2) is 8.42 Å². The zero-order valence-corrected chi connectivity index (χ0v) is 12.5. The van der Waals surface area contributed by atoms with Crippen LogP contribution in [-0.4, -0.2) is 20.9 Å². The smallest absolute Gasteiger partial charge is 0.271 e. The third kappa shape index (κ3) is 2.87. The van der Waals surface area contributed by atoms with E-state index in [1.54, 1.807) is 6.92 Å². The lowest BCUT2D eigenvalue weighted by Crippen LogP contribution is -2.26. The van der Waals surface area contributed by atoms with Crippen LogP contribution < -0.4 is 5.32 Å². The monoisotopic (exact) mass is 307 g/mol. The van der Waals surface area contributed by atoms with Crippen molar-refractivity contribution >= 4 is 37.0 Å². The lowest BCUT2D eigenvalue weighted by Gasteiger charge is -2.04. The largest absolute Gasteiger partial charge is 0.352 e.